The molecule has 2 rings (SSSR count). The summed E-state index contributed by atoms with van der Waals surface area (Å²) in [6.45, 7) is 4.18. The zero-order valence-electron chi connectivity index (χ0n) is 9.62. The average molecular weight is 212 g/mol. The molecule has 0 aromatic heterocycles. The summed E-state index contributed by atoms with van der Waals surface area (Å²) in [6, 6.07) is 14.2. The van der Waals surface area contributed by atoms with Crippen LogP contribution in [0.2, 0.25) is 0 Å². The van der Waals surface area contributed by atoms with Crippen LogP contribution in [0.3, 0.4) is 0 Å². The highest BCUT2D eigenvalue weighted by Gasteiger charge is 1.99. The Bertz CT molecular complexity index is 484. The first-order chi connectivity index (χ1) is 7.65. The van der Waals surface area contributed by atoms with Crippen LogP contribution in [0.1, 0.15) is 11.1 Å². The largest absolute Gasteiger partial charge is 0.397 e. The Morgan fingerprint density at radius 2 is 1.56 bits per heavy atom. The van der Waals surface area contributed by atoms with E-state index in [0.717, 1.165) is 17.1 Å². The van der Waals surface area contributed by atoms with Crippen LogP contribution in [0.4, 0.5) is 17.1 Å². The Morgan fingerprint density at radius 1 is 0.938 bits per heavy atom. The first kappa shape index (κ1) is 10.6. The molecular weight excluding hydrogens is 196 g/mol. The molecule has 2 heteroatoms. The molecule has 0 bridgehead atoms. The third-order valence-electron chi connectivity index (χ3n) is 2.46. The van der Waals surface area contributed by atoms with E-state index in [9.17, 15) is 0 Å². The van der Waals surface area contributed by atoms with E-state index in [2.05, 4.69) is 37.4 Å². The van der Waals surface area contributed by atoms with Crippen LogP contribution in [0.15, 0.2) is 42.5 Å². The molecule has 2 aromatic carbocycles. The van der Waals surface area contributed by atoms with Crippen molar-refractivity contribution in [1.82, 2.24) is 0 Å². The van der Waals surface area contributed by atoms with Crippen LogP contribution in [-0.4, -0.2) is 0 Å². The molecule has 0 radical (unpaired) electrons. The van der Waals surface area contributed by atoms with E-state index in [4.69, 9.17) is 5.73 Å². The van der Waals surface area contributed by atoms with E-state index < -0.39 is 0 Å². The standard InChI is InChI=1S/C14H16N2/c1-10-7-11(2)9-12(8-10)16-14-6-4-3-5-13(14)15/h3-9,16H,15H2,1-2H3. The van der Waals surface area contributed by atoms with E-state index >= 15 is 0 Å². The van der Waals surface area contributed by atoms with Gasteiger partial charge in [0.25, 0.3) is 0 Å². The number of hydrogen-bond acceptors (Lipinski definition) is 2. The first-order valence-electron chi connectivity index (χ1n) is 5.35. The van der Waals surface area contributed by atoms with Crippen molar-refractivity contribution in [3.05, 3.63) is 53.6 Å². The molecular formula is C14H16N2. The smallest absolute Gasteiger partial charge is 0.0617 e. The van der Waals surface area contributed by atoms with Crippen molar-refractivity contribution in [3.8, 4) is 0 Å². The molecule has 2 nitrogen and oxygen atoms in total. The van der Waals surface area contributed by atoms with Crippen molar-refractivity contribution < 1.29 is 0 Å². The molecule has 0 fully saturated rings. The quantitative estimate of drug-likeness (QED) is 0.746. The average Bonchev–Trinajstić information content (AvgIpc) is 2.20. The van der Waals surface area contributed by atoms with E-state index in [1.807, 2.05) is 24.3 Å². The zero-order valence-corrected chi connectivity index (χ0v) is 9.62. The molecule has 0 amide bonds. The third kappa shape index (κ3) is 2.34. The predicted octanol–water partition coefficient (Wildman–Crippen LogP) is 3.63. The van der Waals surface area contributed by atoms with Gasteiger partial charge < -0.3 is 11.1 Å². The van der Waals surface area contributed by atoms with Crippen molar-refractivity contribution in [3.63, 3.8) is 0 Å². The Hall–Kier alpha value is -1.96. The number of aryl methyl sites for hydroxylation is 2. The Labute approximate surface area is 96.1 Å². The van der Waals surface area contributed by atoms with Crippen LogP contribution in [0.25, 0.3) is 0 Å². The number of benzene rings is 2. The number of nitrogen functional groups attached to an aromatic ring is 1. The van der Waals surface area contributed by atoms with Gasteiger partial charge in [-0.05, 0) is 49.2 Å². The molecule has 16 heavy (non-hydrogen) atoms. The number of anilines is 3. The van der Waals surface area contributed by atoms with Gasteiger partial charge in [-0.15, -0.1) is 0 Å². The molecule has 0 unspecified atom stereocenters. The highest BCUT2D eigenvalue weighted by Crippen LogP contribution is 2.23. The minimum absolute atomic E-state index is 0.765. The predicted molar refractivity (Wildman–Crippen MR) is 70.1 cm³/mol. The molecule has 0 aliphatic rings. The van der Waals surface area contributed by atoms with Gasteiger partial charge in [0.2, 0.25) is 0 Å². The van der Waals surface area contributed by atoms with Crippen molar-refractivity contribution in [1.29, 1.82) is 0 Å². The molecule has 0 heterocycles. The van der Waals surface area contributed by atoms with Crippen molar-refractivity contribution in [2.75, 3.05) is 11.1 Å². The summed E-state index contributed by atoms with van der Waals surface area (Å²) in [5.41, 5.74) is 11.2. The van der Waals surface area contributed by atoms with Crippen LogP contribution in [0.5, 0.6) is 0 Å². The molecule has 0 saturated heterocycles. The summed E-state index contributed by atoms with van der Waals surface area (Å²) in [4.78, 5) is 0. The van der Waals surface area contributed by atoms with E-state index in [1.165, 1.54) is 11.1 Å². The minimum atomic E-state index is 0.765. The topological polar surface area (TPSA) is 38.0 Å². The first-order valence-corrected chi connectivity index (χ1v) is 5.35. The molecule has 2 aromatic rings. The fourth-order valence-corrected chi connectivity index (χ4v) is 1.81. The second-order valence-electron chi connectivity index (χ2n) is 4.09. The Kier molecular flexibility index (Phi) is 2.82. The molecule has 0 aliphatic heterocycles. The molecule has 0 saturated carbocycles. The van der Waals surface area contributed by atoms with Gasteiger partial charge in [0.15, 0.2) is 0 Å². The lowest BCUT2D eigenvalue weighted by Crippen LogP contribution is -1.96. The highest BCUT2D eigenvalue weighted by molar-refractivity contribution is 5.72. The van der Waals surface area contributed by atoms with Gasteiger partial charge in [-0.2, -0.15) is 0 Å². The summed E-state index contributed by atoms with van der Waals surface area (Å²) in [5, 5.41) is 3.33. The van der Waals surface area contributed by atoms with Crippen molar-refractivity contribution >= 4 is 17.1 Å². The lowest BCUT2D eigenvalue weighted by Gasteiger charge is -2.10. The second kappa shape index (κ2) is 4.27. The maximum atomic E-state index is 5.88. The molecule has 0 spiro atoms. The second-order valence-corrected chi connectivity index (χ2v) is 4.09. The number of nitrogens with two attached hydrogens (primary N) is 1. The van der Waals surface area contributed by atoms with Gasteiger partial charge in [0.05, 0.1) is 11.4 Å². The monoisotopic (exact) mass is 212 g/mol. The number of nitrogens with one attached hydrogen (secondary N) is 1. The molecule has 82 valence electrons. The van der Waals surface area contributed by atoms with E-state index in [-0.39, 0.29) is 0 Å². The normalized spacial score (nSPS) is 10.1. The summed E-state index contributed by atoms with van der Waals surface area (Å²) in [6.07, 6.45) is 0. The van der Waals surface area contributed by atoms with Gasteiger partial charge >= 0.3 is 0 Å². The van der Waals surface area contributed by atoms with Crippen molar-refractivity contribution in [2.24, 2.45) is 0 Å². The fraction of sp³-hybridized carbons (Fsp3) is 0.143. The Balaban J connectivity index is 2.30. The van der Waals surface area contributed by atoms with Crippen LogP contribution in [-0.2, 0) is 0 Å². The summed E-state index contributed by atoms with van der Waals surface area (Å²) in [5.74, 6) is 0. The van der Waals surface area contributed by atoms with Gasteiger partial charge in [-0.25, -0.2) is 0 Å². The highest BCUT2D eigenvalue weighted by atomic mass is 14.9. The summed E-state index contributed by atoms with van der Waals surface area (Å²) in [7, 11) is 0. The number of rotatable bonds is 2. The minimum Gasteiger partial charge on any atom is -0.397 e. The maximum absolute atomic E-state index is 5.88. The number of para-hydroxylation sites is 2. The third-order valence-corrected chi connectivity index (χ3v) is 2.46. The fourth-order valence-electron chi connectivity index (χ4n) is 1.81. The van der Waals surface area contributed by atoms with Gasteiger partial charge in [-0.3, -0.25) is 0 Å². The maximum Gasteiger partial charge on any atom is 0.0617 e. The Morgan fingerprint density at radius 3 is 2.19 bits per heavy atom. The molecule has 0 atom stereocenters. The molecule has 3 N–H and O–H groups in total. The van der Waals surface area contributed by atoms with Gasteiger partial charge in [-0.1, -0.05) is 18.2 Å². The zero-order chi connectivity index (χ0) is 11.5. The lowest BCUT2D eigenvalue weighted by atomic mass is 10.1. The van der Waals surface area contributed by atoms with Gasteiger partial charge in [0, 0.05) is 5.69 Å². The van der Waals surface area contributed by atoms with Crippen LogP contribution >= 0.6 is 0 Å². The molecule has 0 aliphatic carbocycles. The lowest BCUT2D eigenvalue weighted by molar-refractivity contribution is 1.37. The van der Waals surface area contributed by atoms with Crippen LogP contribution < -0.4 is 11.1 Å². The van der Waals surface area contributed by atoms with Crippen molar-refractivity contribution in [2.45, 2.75) is 13.8 Å². The van der Waals surface area contributed by atoms with Gasteiger partial charge in [0.1, 0.15) is 0 Å². The summed E-state index contributed by atoms with van der Waals surface area (Å²) >= 11 is 0. The van der Waals surface area contributed by atoms with E-state index in [0.29, 0.717) is 0 Å². The van der Waals surface area contributed by atoms with E-state index in [1.54, 1.807) is 0 Å². The van der Waals surface area contributed by atoms with Crippen LogP contribution in [0, 0.1) is 13.8 Å². The number of hydrogen-bond donors (Lipinski definition) is 2. The SMILES string of the molecule is Cc1cc(C)cc(Nc2ccccc2N)c1. The summed E-state index contributed by atoms with van der Waals surface area (Å²) < 4.78 is 0.